The molecule has 2 N–H and O–H groups in total. The highest BCUT2D eigenvalue weighted by atomic mass is 16.2. The zero-order valence-electron chi connectivity index (χ0n) is 12.7. The topological polar surface area (TPSA) is 41.1 Å². The van der Waals surface area contributed by atoms with Crippen molar-refractivity contribution in [3.05, 3.63) is 29.8 Å². The van der Waals surface area contributed by atoms with E-state index < -0.39 is 0 Å². The zero-order valence-corrected chi connectivity index (χ0v) is 12.7. The van der Waals surface area contributed by atoms with E-state index in [0.717, 1.165) is 5.69 Å². The maximum Gasteiger partial charge on any atom is 0.319 e. The molecule has 0 spiro atoms. The van der Waals surface area contributed by atoms with Crippen LogP contribution in [0.5, 0.6) is 0 Å². The van der Waals surface area contributed by atoms with E-state index in [2.05, 4.69) is 38.3 Å². The van der Waals surface area contributed by atoms with Gasteiger partial charge in [-0.25, -0.2) is 4.79 Å². The third kappa shape index (κ3) is 5.33. The number of nitrogens with one attached hydrogen (secondary N) is 2. The Kier molecular flexibility index (Phi) is 5.87. The van der Waals surface area contributed by atoms with E-state index in [1.807, 2.05) is 31.2 Å². The minimum Gasteiger partial charge on any atom is -0.338 e. The number of aryl methyl sites for hydroxylation is 1. The van der Waals surface area contributed by atoms with Crippen molar-refractivity contribution in [2.24, 2.45) is 17.8 Å². The molecule has 0 saturated carbocycles. The third-order valence-electron chi connectivity index (χ3n) is 3.52. The standard InChI is InChI=1S/C16H26N2O/c1-11(2)15(12(3)4)10-17-16(19)18-14-8-6-13(5)7-9-14/h6-9,11-12,15H,10H2,1-5H3,(H2,17,18,19). The summed E-state index contributed by atoms with van der Waals surface area (Å²) in [5.74, 6) is 1.64. The third-order valence-corrected chi connectivity index (χ3v) is 3.52. The lowest BCUT2D eigenvalue weighted by atomic mass is 9.85. The van der Waals surface area contributed by atoms with Gasteiger partial charge in [-0.2, -0.15) is 0 Å². The molecule has 19 heavy (non-hydrogen) atoms. The van der Waals surface area contributed by atoms with Crippen molar-refractivity contribution in [3.8, 4) is 0 Å². The van der Waals surface area contributed by atoms with Crippen molar-refractivity contribution >= 4 is 11.7 Å². The molecular weight excluding hydrogens is 236 g/mol. The molecule has 0 fully saturated rings. The van der Waals surface area contributed by atoms with Crippen LogP contribution in [-0.4, -0.2) is 12.6 Å². The summed E-state index contributed by atoms with van der Waals surface area (Å²) >= 11 is 0. The van der Waals surface area contributed by atoms with E-state index >= 15 is 0 Å². The highest BCUT2D eigenvalue weighted by molar-refractivity contribution is 5.89. The molecule has 1 aromatic rings. The minimum absolute atomic E-state index is 0.129. The van der Waals surface area contributed by atoms with Crippen molar-refractivity contribution < 1.29 is 4.79 Å². The van der Waals surface area contributed by atoms with E-state index in [-0.39, 0.29) is 6.03 Å². The van der Waals surface area contributed by atoms with Gasteiger partial charge in [-0.15, -0.1) is 0 Å². The number of hydrogen-bond acceptors (Lipinski definition) is 1. The smallest absolute Gasteiger partial charge is 0.319 e. The molecule has 0 aliphatic heterocycles. The van der Waals surface area contributed by atoms with Crippen LogP contribution in [-0.2, 0) is 0 Å². The Labute approximate surface area is 116 Å². The summed E-state index contributed by atoms with van der Waals surface area (Å²) in [6.45, 7) is 11.5. The molecule has 0 radical (unpaired) electrons. The van der Waals surface area contributed by atoms with Gasteiger partial charge in [0.15, 0.2) is 0 Å². The number of benzene rings is 1. The van der Waals surface area contributed by atoms with Crippen molar-refractivity contribution in [2.45, 2.75) is 34.6 Å². The number of anilines is 1. The maximum atomic E-state index is 11.8. The van der Waals surface area contributed by atoms with Crippen LogP contribution in [0.3, 0.4) is 0 Å². The summed E-state index contributed by atoms with van der Waals surface area (Å²) in [6.07, 6.45) is 0. The fraction of sp³-hybridized carbons (Fsp3) is 0.562. The fourth-order valence-electron chi connectivity index (χ4n) is 2.26. The molecular formula is C16H26N2O. The molecule has 1 aromatic carbocycles. The van der Waals surface area contributed by atoms with Crippen LogP contribution in [0, 0.1) is 24.7 Å². The van der Waals surface area contributed by atoms with Crippen molar-refractivity contribution in [1.29, 1.82) is 0 Å². The molecule has 1 rings (SSSR count). The second-order valence-corrected chi connectivity index (χ2v) is 5.85. The molecule has 0 bridgehead atoms. The highest BCUT2D eigenvalue weighted by Crippen LogP contribution is 2.19. The lowest BCUT2D eigenvalue weighted by molar-refractivity contribution is 0.239. The van der Waals surface area contributed by atoms with E-state index in [4.69, 9.17) is 0 Å². The van der Waals surface area contributed by atoms with E-state index in [9.17, 15) is 4.79 Å². The normalized spacial score (nSPS) is 11.2. The van der Waals surface area contributed by atoms with Crippen LogP contribution in [0.2, 0.25) is 0 Å². The van der Waals surface area contributed by atoms with Gasteiger partial charge in [0.05, 0.1) is 0 Å². The highest BCUT2D eigenvalue weighted by Gasteiger charge is 2.18. The molecule has 0 heterocycles. The van der Waals surface area contributed by atoms with Gasteiger partial charge in [-0.05, 0) is 36.8 Å². The predicted molar refractivity (Wildman–Crippen MR) is 81.4 cm³/mol. The van der Waals surface area contributed by atoms with E-state index in [0.29, 0.717) is 24.3 Å². The second kappa shape index (κ2) is 7.17. The quantitative estimate of drug-likeness (QED) is 0.826. The molecule has 0 unspecified atom stereocenters. The minimum atomic E-state index is -0.129. The van der Waals surface area contributed by atoms with Gasteiger partial charge >= 0.3 is 6.03 Å². The molecule has 0 saturated heterocycles. The summed E-state index contributed by atoms with van der Waals surface area (Å²) in [5.41, 5.74) is 2.01. The molecule has 0 aliphatic carbocycles. The SMILES string of the molecule is Cc1ccc(NC(=O)NCC(C(C)C)C(C)C)cc1. The number of carbonyl (C=O) groups excluding carboxylic acids is 1. The Morgan fingerprint density at radius 2 is 1.58 bits per heavy atom. The van der Waals surface area contributed by atoms with Crippen LogP contribution in [0.15, 0.2) is 24.3 Å². The average Bonchev–Trinajstić information content (AvgIpc) is 2.31. The van der Waals surface area contributed by atoms with Crippen LogP contribution in [0.25, 0.3) is 0 Å². The summed E-state index contributed by atoms with van der Waals surface area (Å²) in [6, 6.07) is 7.67. The number of hydrogen-bond donors (Lipinski definition) is 2. The monoisotopic (exact) mass is 262 g/mol. The summed E-state index contributed by atoms with van der Waals surface area (Å²) < 4.78 is 0. The zero-order chi connectivity index (χ0) is 14.4. The van der Waals surface area contributed by atoms with Crippen LogP contribution < -0.4 is 10.6 Å². The van der Waals surface area contributed by atoms with Gasteiger partial charge in [0.25, 0.3) is 0 Å². The molecule has 0 aromatic heterocycles. The molecule has 2 amide bonds. The fourth-order valence-corrected chi connectivity index (χ4v) is 2.26. The number of rotatable bonds is 5. The molecule has 106 valence electrons. The Hall–Kier alpha value is -1.51. The largest absolute Gasteiger partial charge is 0.338 e. The number of carbonyl (C=O) groups is 1. The summed E-state index contributed by atoms with van der Waals surface area (Å²) in [7, 11) is 0. The first-order chi connectivity index (χ1) is 8.90. The van der Waals surface area contributed by atoms with Crippen molar-refractivity contribution in [2.75, 3.05) is 11.9 Å². The molecule has 3 nitrogen and oxygen atoms in total. The summed E-state index contributed by atoms with van der Waals surface area (Å²) in [5, 5.41) is 5.81. The molecule has 0 aliphatic rings. The van der Waals surface area contributed by atoms with Gasteiger partial charge in [0.1, 0.15) is 0 Å². The lowest BCUT2D eigenvalue weighted by Crippen LogP contribution is -2.36. The second-order valence-electron chi connectivity index (χ2n) is 5.85. The number of urea groups is 1. The van der Waals surface area contributed by atoms with Crippen molar-refractivity contribution in [1.82, 2.24) is 5.32 Å². The maximum absolute atomic E-state index is 11.8. The van der Waals surface area contributed by atoms with Crippen LogP contribution in [0.1, 0.15) is 33.3 Å². The molecule has 3 heteroatoms. The van der Waals surface area contributed by atoms with E-state index in [1.54, 1.807) is 0 Å². The average molecular weight is 262 g/mol. The van der Waals surface area contributed by atoms with Gasteiger partial charge in [0.2, 0.25) is 0 Å². The van der Waals surface area contributed by atoms with Crippen LogP contribution in [0.4, 0.5) is 10.5 Å². The van der Waals surface area contributed by atoms with E-state index in [1.165, 1.54) is 5.56 Å². The van der Waals surface area contributed by atoms with Crippen LogP contribution >= 0.6 is 0 Å². The van der Waals surface area contributed by atoms with Gasteiger partial charge in [-0.1, -0.05) is 45.4 Å². The number of amides is 2. The Morgan fingerprint density at radius 3 is 2.05 bits per heavy atom. The van der Waals surface area contributed by atoms with Gasteiger partial charge in [0, 0.05) is 12.2 Å². The van der Waals surface area contributed by atoms with Gasteiger partial charge in [-0.3, -0.25) is 0 Å². The summed E-state index contributed by atoms with van der Waals surface area (Å²) in [4.78, 5) is 11.8. The molecule has 0 atom stereocenters. The first-order valence-electron chi connectivity index (χ1n) is 7.01. The Balaban J connectivity index is 2.45. The Morgan fingerprint density at radius 1 is 1.05 bits per heavy atom. The first kappa shape index (κ1) is 15.5. The van der Waals surface area contributed by atoms with Gasteiger partial charge < -0.3 is 10.6 Å². The Bertz CT molecular complexity index is 388. The van der Waals surface area contributed by atoms with Crippen molar-refractivity contribution in [3.63, 3.8) is 0 Å². The lowest BCUT2D eigenvalue weighted by Gasteiger charge is -2.25. The predicted octanol–water partition coefficient (Wildman–Crippen LogP) is 4.04. The first-order valence-corrected chi connectivity index (χ1v) is 7.01.